The number of hydrogen-bond acceptors (Lipinski definition) is 2. The molecule has 1 atom stereocenters. The molecule has 2 nitrogen and oxygen atoms in total. The molecule has 0 spiro atoms. The minimum Gasteiger partial charge on any atom is -0.463 e. The Balaban J connectivity index is 3.92. The molecule has 0 heterocycles. The van der Waals surface area contributed by atoms with E-state index in [0.29, 0.717) is 0 Å². The molecular weight excluding hydrogens is 154 g/mol. The molecule has 64 valence electrons. The molecule has 0 bridgehead atoms. The van der Waals surface area contributed by atoms with Gasteiger partial charge in [-0.3, -0.25) is 0 Å². The van der Waals surface area contributed by atoms with E-state index in [1.54, 1.807) is 6.92 Å². The predicted octanol–water partition coefficient (Wildman–Crippen LogP) is 1.41. The molecule has 0 N–H and O–H groups in total. The fraction of sp³-hybridized carbons (Fsp3) is 0.571. The van der Waals surface area contributed by atoms with Gasteiger partial charge in [0.15, 0.2) is 6.17 Å². The third kappa shape index (κ3) is 3.11. The highest BCUT2D eigenvalue weighted by molar-refractivity contribution is 5.88. The van der Waals surface area contributed by atoms with Crippen LogP contribution in [-0.2, 0) is 9.53 Å². The summed E-state index contributed by atoms with van der Waals surface area (Å²) >= 11 is 0. The van der Waals surface area contributed by atoms with Crippen molar-refractivity contribution in [3.8, 4) is 0 Å². The van der Waals surface area contributed by atoms with E-state index in [1.165, 1.54) is 0 Å². The van der Waals surface area contributed by atoms with Crippen molar-refractivity contribution in [2.45, 2.75) is 13.1 Å². The molecule has 0 aliphatic carbocycles. The maximum Gasteiger partial charge on any atom is 0.336 e. The highest BCUT2D eigenvalue weighted by atomic mass is 19.2. The Labute approximate surface area is 63.8 Å². The maximum absolute atomic E-state index is 12.3. The molecule has 0 aliphatic rings. The second kappa shape index (κ2) is 4.82. The number of carbonyl (C=O) groups excluding carboxylic acids is 1. The Bertz CT molecular complexity index is 157. The molecule has 0 aromatic rings. The van der Waals surface area contributed by atoms with Crippen molar-refractivity contribution in [3.63, 3.8) is 0 Å². The van der Waals surface area contributed by atoms with Gasteiger partial charge in [-0.15, -0.1) is 0 Å². The van der Waals surface area contributed by atoms with Crippen molar-refractivity contribution in [2.24, 2.45) is 0 Å². The third-order valence-corrected chi connectivity index (χ3v) is 1.05. The van der Waals surface area contributed by atoms with Gasteiger partial charge < -0.3 is 4.74 Å². The average Bonchev–Trinajstić information content (AvgIpc) is 2.02. The van der Waals surface area contributed by atoms with Gasteiger partial charge >= 0.3 is 5.97 Å². The summed E-state index contributed by atoms with van der Waals surface area (Å²) in [7, 11) is 0. The van der Waals surface area contributed by atoms with Gasteiger partial charge in [0.2, 0.25) is 0 Å². The number of esters is 1. The molecule has 0 saturated heterocycles. The van der Waals surface area contributed by atoms with Crippen LogP contribution < -0.4 is 0 Å². The number of hydrogen-bond donors (Lipinski definition) is 0. The highest BCUT2D eigenvalue weighted by Crippen LogP contribution is 2.06. The van der Waals surface area contributed by atoms with Gasteiger partial charge in [-0.2, -0.15) is 0 Å². The lowest BCUT2D eigenvalue weighted by Gasteiger charge is -2.05. The van der Waals surface area contributed by atoms with Gasteiger partial charge in [-0.25, -0.2) is 13.6 Å². The van der Waals surface area contributed by atoms with Crippen LogP contribution >= 0.6 is 0 Å². The summed E-state index contributed by atoms with van der Waals surface area (Å²) in [4.78, 5) is 10.6. The Kier molecular flexibility index (Phi) is 4.41. The topological polar surface area (TPSA) is 26.3 Å². The van der Waals surface area contributed by atoms with E-state index in [9.17, 15) is 13.6 Å². The van der Waals surface area contributed by atoms with Crippen LogP contribution in [0.15, 0.2) is 12.2 Å². The van der Waals surface area contributed by atoms with Crippen molar-refractivity contribution >= 4 is 5.97 Å². The molecular formula is C7H10F2O2. The number of ether oxygens (including phenoxy) is 1. The summed E-state index contributed by atoms with van der Waals surface area (Å²) in [5.41, 5.74) is -0.464. The fourth-order valence-electron chi connectivity index (χ4n) is 0.445. The zero-order valence-corrected chi connectivity index (χ0v) is 6.27. The van der Waals surface area contributed by atoms with Gasteiger partial charge in [0, 0.05) is 0 Å². The fourth-order valence-corrected chi connectivity index (χ4v) is 0.445. The summed E-state index contributed by atoms with van der Waals surface area (Å²) in [5, 5.41) is 0. The highest BCUT2D eigenvalue weighted by Gasteiger charge is 2.18. The molecule has 11 heavy (non-hydrogen) atoms. The average molecular weight is 164 g/mol. The number of rotatable bonds is 4. The van der Waals surface area contributed by atoms with Gasteiger partial charge in [0.1, 0.15) is 6.67 Å². The molecule has 0 rings (SSSR count). The van der Waals surface area contributed by atoms with E-state index in [-0.39, 0.29) is 6.61 Å². The largest absolute Gasteiger partial charge is 0.463 e. The molecule has 0 aromatic heterocycles. The zero-order valence-electron chi connectivity index (χ0n) is 6.27. The molecule has 0 aliphatic heterocycles. The Morgan fingerprint density at radius 2 is 2.27 bits per heavy atom. The molecule has 0 radical (unpaired) electrons. The molecule has 1 unspecified atom stereocenters. The van der Waals surface area contributed by atoms with E-state index in [4.69, 9.17) is 0 Å². The van der Waals surface area contributed by atoms with Gasteiger partial charge in [0.05, 0.1) is 12.2 Å². The van der Waals surface area contributed by atoms with Gasteiger partial charge in [-0.05, 0) is 6.92 Å². The van der Waals surface area contributed by atoms with Crippen molar-refractivity contribution in [2.75, 3.05) is 13.3 Å². The summed E-state index contributed by atoms with van der Waals surface area (Å²) < 4.78 is 28.3. The first-order valence-corrected chi connectivity index (χ1v) is 3.19. The van der Waals surface area contributed by atoms with Crippen molar-refractivity contribution in [1.29, 1.82) is 0 Å². The van der Waals surface area contributed by atoms with E-state index in [0.717, 1.165) is 0 Å². The van der Waals surface area contributed by atoms with Gasteiger partial charge in [-0.1, -0.05) is 6.58 Å². The maximum atomic E-state index is 12.3. The normalized spacial score (nSPS) is 12.3. The SMILES string of the molecule is C=C(C(=O)OCC)C(F)CF. The van der Waals surface area contributed by atoms with Crippen LogP contribution in [0, 0.1) is 0 Å². The zero-order chi connectivity index (χ0) is 8.85. The van der Waals surface area contributed by atoms with Crippen molar-refractivity contribution in [3.05, 3.63) is 12.2 Å². The van der Waals surface area contributed by atoms with Crippen molar-refractivity contribution < 1.29 is 18.3 Å². The van der Waals surface area contributed by atoms with Crippen LogP contribution in [0.3, 0.4) is 0 Å². The lowest BCUT2D eigenvalue weighted by Crippen LogP contribution is -2.17. The predicted molar refractivity (Wildman–Crippen MR) is 36.6 cm³/mol. The molecule has 4 heteroatoms. The summed E-state index contributed by atoms with van der Waals surface area (Å²) in [5.74, 6) is -0.877. The molecule has 0 saturated carbocycles. The smallest absolute Gasteiger partial charge is 0.336 e. The van der Waals surface area contributed by atoms with Crippen LogP contribution in [0.2, 0.25) is 0 Å². The van der Waals surface area contributed by atoms with E-state index < -0.39 is 24.4 Å². The second-order valence-electron chi connectivity index (χ2n) is 1.87. The van der Waals surface area contributed by atoms with Crippen LogP contribution in [0.1, 0.15) is 6.92 Å². The van der Waals surface area contributed by atoms with Crippen LogP contribution in [0.25, 0.3) is 0 Å². The first kappa shape index (κ1) is 10.1. The second-order valence-corrected chi connectivity index (χ2v) is 1.87. The Hall–Kier alpha value is -0.930. The van der Waals surface area contributed by atoms with E-state index in [2.05, 4.69) is 11.3 Å². The minimum absolute atomic E-state index is 0.136. The molecule has 0 aromatic carbocycles. The molecule has 0 amide bonds. The first-order valence-electron chi connectivity index (χ1n) is 3.19. The lowest BCUT2D eigenvalue weighted by atomic mass is 10.2. The summed E-state index contributed by atoms with van der Waals surface area (Å²) in [6, 6.07) is 0. The van der Waals surface area contributed by atoms with E-state index in [1.807, 2.05) is 0 Å². The molecule has 0 fully saturated rings. The number of alkyl halides is 2. The van der Waals surface area contributed by atoms with E-state index >= 15 is 0 Å². The monoisotopic (exact) mass is 164 g/mol. The lowest BCUT2D eigenvalue weighted by molar-refractivity contribution is -0.139. The van der Waals surface area contributed by atoms with Crippen LogP contribution in [0.4, 0.5) is 8.78 Å². The number of halogens is 2. The first-order chi connectivity index (χ1) is 5.13. The Morgan fingerprint density at radius 1 is 1.73 bits per heavy atom. The summed E-state index contributed by atoms with van der Waals surface area (Å²) in [6.07, 6.45) is -1.94. The Morgan fingerprint density at radius 3 is 2.64 bits per heavy atom. The van der Waals surface area contributed by atoms with Crippen molar-refractivity contribution in [1.82, 2.24) is 0 Å². The third-order valence-electron chi connectivity index (χ3n) is 1.05. The standard InChI is InChI=1S/C7H10F2O2/c1-3-11-7(10)5(2)6(9)4-8/h6H,2-4H2,1H3. The minimum atomic E-state index is -1.94. The van der Waals surface area contributed by atoms with Gasteiger partial charge in [0.25, 0.3) is 0 Å². The van der Waals surface area contributed by atoms with Crippen LogP contribution in [-0.4, -0.2) is 25.4 Å². The quantitative estimate of drug-likeness (QED) is 0.464. The number of carbonyl (C=O) groups is 1. The summed E-state index contributed by atoms with van der Waals surface area (Å²) in [6.45, 7) is 3.53. The van der Waals surface area contributed by atoms with Crippen LogP contribution in [0.5, 0.6) is 0 Å².